The number of aromatic nitrogens is 2. The van der Waals surface area contributed by atoms with E-state index in [1.165, 1.54) is 6.39 Å². The summed E-state index contributed by atoms with van der Waals surface area (Å²) in [6.45, 7) is 5.04. The van der Waals surface area contributed by atoms with Gasteiger partial charge in [0.05, 0.1) is 6.54 Å². The maximum Gasteiger partial charge on any atom is 0.213 e. The third-order valence-electron chi connectivity index (χ3n) is 1.98. The lowest BCUT2D eigenvalue weighted by molar-refractivity contribution is 0.225. The van der Waals surface area contributed by atoms with E-state index in [1.807, 2.05) is 0 Å². The lowest BCUT2D eigenvalue weighted by Gasteiger charge is -2.25. The summed E-state index contributed by atoms with van der Waals surface area (Å²) in [5.74, 6) is 0.775. The van der Waals surface area contributed by atoms with Crippen LogP contribution >= 0.6 is 0 Å². The Balaban J connectivity index is 1.86. The van der Waals surface area contributed by atoms with E-state index in [9.17, 15) is 0 Å². The third-order valence-corrected chi connectivity index (χ3v) is 1.98. The average Bonchev–Trinajstić information content (AvgIpc) is 2.59. The molecular weight excluding hydrogens is 156 g/mol. The summed E-state index contributed by atoms with van der Waals surface area (Å²) in [5, 5.41) is 7.05. The zero-order valence-corrected chi connectivity index (χ0v) is 6.86. The summed E-state index contributed by atoms with van der Waals surface area (Å²) >= 11 is 0. The fourth-order valence-corrected chi connectivity index (χ4v) is 1.33. The second-order valence-electron chi connectivity index (χ2n) is 2.87. The molecule has 1 fully saturated rings. The first-order valence-corrected chi connectivity index (χ1v) is 4.13. The SMILES string of the molecule is c1nc(CN2CCNCC2)no1. The third kappa shape index (κ3) is 1.80. The van der Waals surface area contributed by atoms with Gasteiger partial charge in [-0.05, 0) is 0 Å². The number of hydrogen-bond acceptors (Lipinski definition) is 5. The van der Waals surface area contributed by atoms with Crippen LogP contribution in [-0.4, -0.2) is 41.2 Å². The highest BCUT2D eigenvalue weighted by Crippen LogP contribution is 1.98. The van der Waals surface area contributed by atoms with Crippen LogP contribution in [0, 0.1) is 0 Å². The highest BCUT2D eigenvalue weighted by atomic mass is 16.5. The lowest BCUT2D eigenvalue weighted by atomic mass is 10.3. The van der Waals surface area contributed by atoms with E-state index in [1.54, 1.807) is 0 Å². The van der Waals surface area contributed by atoms with Crippen LogP contribution in [0.4, 0.5) is 0 Å². The van der Waals surface area contributed by atoms with Crippen LogP contribution in [0.15, 0.2) is 10.9 Å². The van der Waals surface area contributed by atoms with Crippen LogP contribution in [0.1, 0.15) is 5.82 Å². The van der Waals surface area contributed by atoms with E-state index in [0.29, 0.717) is 0 Å². The van der Waals surface area contributed by atoms with Crippen molar-refractivity contribution in [1.29, 1.82) is 0 Å². The topological polar surface area (TPSA) is 54.2 Å². The Hall–Kier alpha value is -0.940. The van der Waals surface area contributed by atoms with Crippen molar-refractivity contribution in [1.82, 2.24) is 20.4 Å². The minimum atomic E-state index is 0.775. The Morgan fingerprint density at radius 3 is 3.00 bits per heavy atom. The molecule has 2 rings (SSSR count). The smallest absolute Gasteiger partial charge is 0.213 e. The zero-order chi connectivity index (χ0) is 8.23. The van der Waals surface area contributed by atoms with Crippen LogP contribution < -0.4 is 5.32 Å². The molecule has 2 heterocycles. The van der Waals surface area contributed by atoms with Gasteiger partial charge < -0.3 is 9.84 Å². The molecule has 0 aliphatic carbocycles. The second kappa shape index (κ2) is 3.64. The minimum absolute atomic E-state index is 0.775. The van der Waals surface area contributed by atoms with E-state index in [-0.39, 0.29) is 0 Å². The molecule has 0 spiro atoms. The Morgan fingerprint density at radius 1 is 1.50 bits per heavy atom. The molecule has 0 radical (unpaired) electrons. The number of nitrogens with zero attached hydrogens (tertiary/aromatic N) is 3. The monoisotopic (exact) mass is 168 g/mol. The molecule has 0 atom stereocenters. The molecule has 5 heteroatoms. The number of nitrogens with one attached hydrogen (secondary N) is 1. The summed E-state index contributed by atoms with van der Waals surface area (Å²) in [4.78, 5) is 6.28. The molecular formula is C7H12N4O. The van der Waals surface area contributed by atoms with Gasteiger partial charge in [-0.2, -0.15) is 4.98 Å². The fourth-order valence-electron chi connectivity index (χ4n) is 1.33. The van der Waals surface area contributed by atoms with Gasteiger partial charge in [0.15, 0.2) is 5.82 Å². The van der Waals surface area contributed by atoms with Gasteiger partial charge in [0, 0.05) is 26.2 Å². The van der Waals surface area contributed by atoms with Gasteiger partial charge in [0.1, 0.15) is 0 Å². The van der Waals surface area contributed by atoms with Gasteiger partial charge in [-0.25, -0.2) is 0 Å². The van der Waals surface area contributed by atoms with E-state index in [0.717, 1.165) is 38.5 Å². The number of rotatable bonds is 2. The van der Waals surface area contributed by atoms with Crippen molar-refractivity contribution in [2.24, 2.45) is 0 Å². The molecule has 1 aliphatic rings. The highest BCUT2D eigenvalue weighted by Gasteiger charge is 2.11. The minimum Gasteiger partial charge on any atom is -0.343 e. The Kier molecular flexibility index (Phi) is 2.33. The van der Waals surface area contributed by atoms with Gasteiger partial charge in [-0.15, -0.1) is 0 Å². The lowest BCUT2D eigenvalue weighted by Crippen LogP contribution is -2.43. The van der Waals surface area contributed by atoms with Crippen LogP contribution in [0.2, 0.25) is 0 Å². The molecule has 1 aromatic rings. The van der Waals surface area contributed by atoms with E-state index < -0.39 is 0 Å². The predicted octanol–water partition coefficient (Wildman–Crippen LogP) is -0.525. The van der Waals surface area contributed by atoms with Crippen molar-refractivity contribution >= 4 is 0 Å². The highest BCUT2D eigenvalue weighted by molar-refractivity contribution is 4.79. The van der Waals surface area contributed by atoms with E-state index in [2.05, 4.69) is 24.9 Å². The van der Waals surface area contributed by atoms with Gasteiger partial charge >= 0.3 is 0 Å². The molecule has 1 N–H and O–H groups in total. The molecule has 1 saturated heterocycles. The van der Waals surface area contributed by atoms with Crippen molar-refractivity contribution in [2.75, 3.05) is 26.2 Å². The van der Waals surface area contributed by atoms with Crippen molar-refractivity contribution in [3.05, 3.63) is 12.2 Å². The predicted molar refractivity (Wildman–Crippen MR) is 42.4 cm³/mol. The molecule has 5 nitrogen and oxygen atoms in total. The molecule has 0 aromatic carbocycles. The van der Waals surface area contributed by atoms with Crippen LogP contribution in [0.5, 0.6) is 0 Å². The number of hydrogen-bond donors (Lipinski definition) is 1. The Labute approximate surface area is 70.7 Å². The van der Waals surface area contributed by atoms with Gasteiger partial charge in [-0.3, -0.25) is 4.90 Å². The molecule has 0 saturated carbocycles. The first-order valence-electron chi connectivity index (χ1n) is 4.13. The van der Waals surface area contributed by atoms with Gasteiger partial charge in [-0.1, -0.05) is 5.16 Å². The van der Waals surface area contributed by atoms with Crippen molar-refractivity contribution in [2.45, 2.75) is 6.54 Å². The van der Waals surface area contributed by atoms with Gasteiger partial charge in [0.25, 0.3) is 0 Å². The van der Waals surface area contributed by atoms with Crippen LogP contribution in [0.25, 0.3) is 0 Å². The molecule has 0 unspecified atom stereocenters. The summed E-state index contributed by atoms with van der Waals surface area (Å²) in [6, 6.07) is 0. The fraction of sp³-hybridized carbons (Fsp3) is 0.714. The molecule has 0 amide bonds. The summed E-state index contributed by atoms with van der Waals surface area (Å²) < 4.78 is 4.65. The summed E-state index contributed by atoms with van der Waals surface area (Å²) in [5.41, 5.74) is 0. The standard InChI is InChI=1S/C7H12N4O/c1-3-11(4-2-8-1)5-7-9-6-12-10-7/h6,8H,1-5H2. The second-order valence-corrected chi connectivity index (χ2v) is 2.87. The maximum atomic E-state index is 4.65. The summed E-state index contributed by atoms with van der Waals surface area (Å²) in [7, 11) is 0. The van der Waals surface area contributed by atoms with Crippen molar-refractivity contribution < 1.29 is 4.52 Å². The molecule has 12 heavy (non-hydrogen) atoms. The zero-order valence-electron chi connectivity index (χ0n) is 6.86. The molecule has 0 bridgehead atoms. The number of piperazine rings is 1. The van der Waals surface area contributed by atoms with Crippen molar-refractivity contribution in [3.63, 3.8) is 0 Å². The Morgan fingerprint density at radius 2 is 2.33 bits per heavy atom. The van der Waals surface area contributed by atoms with E-state index >= 15 is 0 Å². The molecule has 66 valence electrons. The first kappa shape index (κ1) is 7.70. The van der Waals surface area contributed by atoms with Crippen molar-refractivity contribution in [3.8, 4) is 0 Å². The maximum absolute atomic E-state index is 4.65. The average molecular weight is 168 g/mol. The van der Waals surface area contributed by atoms with Crippen LogP contribution in [0.3, 0.4) is 0 Å². The largest absolute Gasteiger partial charge is 0.343 e. The molecule has 1 aliphatic heterocycles. The van der Waals surface area contributed by atoms with Gasteiger partial charge in [0.2, 0.25) is 6.39 Å². The van der Waals surface area contributed by atoms with E-state index in [4.69, 9.17) is 0 Å². The Bertz CT molecular complexity index is 217. The molecule has 1 aromatic heterocycles. The normalized spacial score (nSPS) is 19.7. The quantitative estimate of drug-likeness (QED) is 0.643. The van der Waals surface area contributed by atoms with Crippen LogP contribution in [-0.2, 0) is 6.54 Å². The first-order chi connectivity index (χ1) is 5.95. The summed E-state index contributed by atoms with van der Waals surface area (Å²) in [6.07, 6.45) is 1.37.